The summed E-state index contributed by atoms with van der Waals surface area (Å²) in [5.41, 5.74) is 2.99. The predicted octanol–water partition coefficient (Wildman–Crippen LogP) is 1.81. The van der Waals surface area contributed by atoms with Crippen LogP contribution in [0.1, 0.15) is 11.6 Å². The molecule has 3 aromatic rings. The molecule has 0 bridgehead atoms. The minimum atomic E-state index is -0.803. The molecule has 24 heavy (non-hydrogen) atoms. The van der Waals surface area contributed by atoms with Crippen molar-refractivity contribution in [3.05, 3.63) is 42.1 Å². The third-order valence-corrected chi connectivity index (χ3v) is 4.33. The number of H-pyrrole nitrogens is 1. The fourth-order valence-corrected chi connectivity index (χ4v) is 3.08. The molecule has 122 valence electrons. The number of aromatic hydroxyl groups is 1. The summed E-state index contributed by atoms with van der Waals surface area (Å²) in [5.74, 6) is -0.347. The number of carbonyl (C=O) groups is 1. The van der Waals surface area contributed by atoms with E-state index in [1.165, 1.54) is 0 Å². The van der Waals surface area contributed by atoms with Gasteiger partial charge in [0.15, 0.2) is 5.65 Å². The number of fused-ring (bicyclic) bond motifs is 1. The van der Waals surface area contributed by atoms with Gasteiger partial charge in [0.2, 0.25) is 0 Å². The zero-order valence-electron chi connectivity index (χ0n) is 12.8. The van der Waals surface area contributed by atoms with Gasteiger partial charge in [0, 0.05) is 35.7 Å². The Bertz CT molecular complexity index is 915. The molecule has 1 aromatic carbocycles. The van der Waals surface area contributed by atoms with Crippen LogP contribution in [0.5, 0.6) is 5.75 Å². The number of phenols is 1. The lowest BCUT2D eigenvalue weighted by Crippen LogP contribution is -2.47. The highest BCUT2D eigenvalue weighted by atomic mass is 16.4. The molecule has 2 aromatic heterocycles. The molecule has 0 amide bonds. The Morgan fingerprint density at radius 1 is 1.25 bits per heavy atom. The second kappa shape index (κ2) is 5.61. The van der Waals surface area contributed by atoms with Crippen LogP contribution in [-0.4, -0.2) is 55.9 Å². The number of aliphatic carboxylic acids is 1. The number of hydrogen-bond acceptors (Lipinski definition) is 5. The van der Waals surface area contributed by atoms with Crippen molar-refractivity contribution >= 4 is 17.0 Å². The zero-order valence-corrected chi connectivity index (χ0v) is 12.8. The van der Waals surface area contributed by atoms with Crippen LogP contribution in [0.3, 0.4) is 0 Å². The van der Waals surface area contributed by atoms with Crippen LogP contribution in [0.2, 0.25) is 0 Å². The van der Waals surface area contributed by atoms with E-state index in [4.69, 9.17) is 5.11 Å². The average Bonchev–Trinajstić information content (AvgIpc) is 2.93. The van der Waals surface area contributed by atoms with E-state index < -0.39 is 5.97 Å². The summed E-state index contributed by atoms with van der Waals surface area (Å²) in [6.45, 7) is 1.52. The molecule has 0 unspecified atom stereocenters. The minimum absolute atomic E-state index is 0.0773. The number of carboxylic acid groups (broad SMARTS) is 1. The summed E-state index contributed by atoms with van der Waals surface area (Å²) in [5, 5.41) is 28.1. The minimum Gasteiger partial charge on any atom is -0.507 e. The van der Waals surface area contributed by atoms with E-state index in [2.05, 4.69) is 15.2 Å². The van der Waals surface area contributed by atoms with Crippen LogP contribution in [-0.2, 0) is 4.79 Å². The molecule has 7 nitrogen and oxygen atoms in total. The average molecular weight is 324 g/mol. The standard InChI is InChI=1S/C17H16N4O3/c22-15-4-2-1-3-12(15)14-6-10-5-13(18-17(10)20-19-14)11-7-21(8-11)9-16(23)24/h1-6,11,22H,7-9H2,(H,18,20)(H,23,24). The lowest BCUT2D eigenvalue weighted by molar-refractivity contribution is -0.139. The molecular formula is C17H16N4O3. The third-order valence-electron chi connectivity index (χ3n) is 4.33. The van der Waals surface area contributed by atoms with Crippen LogP contribution in [0, 0.1) is 0 Å². The predicted molar refractivity (Wildman–Crippen MR) is 87.8 cm³/mol. The Morgan fingerprint density at radius 3 is 2.79 bits per heavy atom. The molecule has 3 N–H and O–H groups in total. The second-order valence-corrected chi connectivity index (χ2v) is 6.06. The van der Waals surface area contributed by atoms with Crippen molar-refractivity contribution in [2.75, 3.05) is 19.6 Å². The molecule has 1 aliphatic rings. The summed E-state index contributed by atoms with van der Waals surface area (Å²) in [6, 6.07) is 10.9. The Kier molecular flexibility index (Phi) is 3.42. The molecule has 0 saturated carbocycles. The van der Waals surface area contributed by atoms with Crippen molar-refractivity contribution in [2.24, 2.45) is 0 Å². The number of rotatable bonds is 4. The summed E-state index contributed by atoms with van der Waals surface area (Å²) < 4.78 is 0. The first-order valence-electron chi connectivity index (χ1n) is 7.69. The zero-order chi connectivity index (χ0) is 16.7. The number of aromatic amines is 1. The number of likely N-dealkylation sites (tertiary alicyclic amines) is 1. The fraction of sp³-hybridized carbons (Fsp3) is 0.235. The summed E-state index contributed by atoms with van der Waals surface area (Å²) in [7, 11) is 0. The Hall–Kier alpha value is -2.93. The first-order chi connectivity index (χ1) is 11.6. The number of hydrogen-bond donors (Lipinski definition) is 3. The lowest BCUT2D eigenvalue weighted by atomic mass is 9.96. The largest absolute Gasteiger partial charge is 0.507 e. The van der Waals surface area contributed by atoms with Crippen LogP contribution in [0.25, 0.3) is 22.3 Å². The normalized spacial score (nSPS) is 15.5. The van der Waals surface area contributed by atoms with E-state index >= 15 is 0 Å². The number of nitrogens with one attached hydrogen (secondary N) is 1. The van der Waals surface area contributed by atoms with Crippen molar-refractivity contribution in [1.82, 2.24) is 20.1 Å². The SMILES string of the molecule is O=C(O)CN1CC(c2cc3cc(-c4ccccc4O)nnc3[nH]2)C1. The molecule has 0 radical (unpaired) electrons. The monoisotopic (exact) mass is 324 g/mol. The van der Waals surface area contributed by atoms with E-state index in [-0.39, 0.29) is 18.2 Å². The number of benzene rings is 1. The number of aromatic nitrogens is 3. The van der Waals surface area contributed by atoms with Crippen LogP contribution in [0.4, 0.5) is 0 Å². The first-order valence-corrected chi connectivity index (χ1v) is 7.69. The van der Waals surface area contributed by atoms with Gasteiger partial charge in [0.1, 0.15) is 5.75 Å². The van der Waals surface area contributed by atoms with Crippen molar-refractivity contribution in [3.8, 4) is 17.0 Å². The van der Waals surface area contributed by atoms with Crippen LogP contribution < -0.4 is 0 Å². The van der Waals surface area contributed by atoms with Gasteiger partial charge in [-0.05, 0) is 24.3 Å². The fourth-order valence-electron chi connectivity index (χ4n) is 3.08. The number of para-hydroxylation sites is 1. The highest BCUT2D eigenvalue weighted by molar-refractivity contribution is 5.81. The van der Waals surface area contributed by atoms with Gasteiger partial charge in [0.05, 0.1) is 12.2 Å². The molecule has 1 aliphatic heterocycles. The number of nitrogens with zero attached hydrogens (tertiary/aromatic N) is 3. The Labute approximate surface area is 137 Å². The van der Waals surface area contributed by atoms with E-state index in [1.54, 1.807) is 18.2 Å². The lowest BCUT2D eigenvalue weighted by Gasteiger charge is -2.37. The molecule has 3 heterocycles. The van der Waals surface area contributed by atoms with Gasteiger partial charge in [-0.25, -0.2) is 0 Å². The molecule has 1 fully saturated rings. The molecule has 0 aliphatic carbocycles. The third kappa shape index (κ3) is 2.59. The van der Waals surface area contributed by atoms with Crippen LogP contribution >= 0.6 is 0 Å². The van der Waals surface area contributed by atoms with Crippen molar-refractivity contribution in [2.45, 2.75) is 5.92 Å². The van der Waals surface area contributed by atoms with Gasteiger partial charge in [-0.3, -0.25) is 9.69 Å². The van der Waals surface area contributed by atoms with Gasteiger partial charge < -0.3 is 15.2 Å². The van der Waals surface area contributed by atoms with Crippen molar-refractivity contribution in [3.63, 3.8) is 0 Å². The topological polar surface area (TPSA) is 102 Å². The van der Waals surface area contributed by atoms with Gasteiger partial charge in [-0.1, -0.05) is 12.1 Å². The smallest absolute Gasteiger partial charge is 0.317 e. The first kappa shape index (κ1) is 14.6. The summed E-state index contributed by atoms with van der Waals surface area (Å²) in [4.78, 5) is 15.8. The molecule has 7 heteroatoms. The molecular weight excluding hydrogens is 308 g/mol. The number of phenolic OH excluding ortho intramolecular Hbond substituents is 1. The number of carboxylic acids is 1. The maximum absolute atomic E-state index is 10.7. The van der Waals surface area contributed by atoms with E-state index in [9.17, 15) is 9.90 Å². The molecule has 1 saturated heterocycles. The molecule has 0 atom stereocenters. The second-order valence-electron chi connectivity index (χ2n) is 6.06. The maximum atomic E-state index is 10.7. The highest BCUT2D eigenvalue weighted by Gasteiger charge is 2.30. The van der Waals surface area contributed by atoms with Gasteiger partial charge in [-0.15, -0.1) is 10.2 Å². The van der Waals surface area contributed by atoms with Gasteiger partial charge in [-0.2, -0.15) is 0 Å². The summed E-state index contributed by atoms with van der Waals surface area (Å²) >= 11 is 0. The van der Waals surface area contributed by atoms with Gasteiger partial charge >= 0.3 is 5.97 Å². The van der Waals surface area contributed by atoms with Crippen molar-refractivity contribution in [1.29, 1.82) is 0 Å². The highest BCUT2D eigenvalue weighted by Crippen LogP contribution is 2.31. The van der Waals surface area contributed by atoms with E-state index in [0.717, 1.165) is 24.2 Å². The maximum Gasteiger partial charge on any atom is 0.317 e. The van der Waals surface area contributed by atoms with Crippen LogP contribution in [0.15, 0.2) is 36.4 Å². The Balaban J connectivity index is 1.59. The molecule has 4 rings (SSSR count). The van der Waals surface area contributed by atoms with E-state index in [0.29, 0.717) is 16.9 Å². The van der Waals surface area contributed by atoms with E-state index in [1.807, 2.05) is 23.1 Å². The van der Waals surface area contributed by atoms with Crippen molar-refractivity contribution < 1.29 is 15.0 Å². The van der Waals surface area contributed by atoms with Gasteiger partial charge in [0.25, 0.3) is 0 Å². The quantitative estimate of drug-likeness (QED) is 0.676. The molecule has 0 spiro atoms. The Morgan fingerprint density at radius 2 is 2.04 bits per heavy atom. The summed E-state index contributed by atoms with van der Waals surface area (Å²) in [6.07, 6.45) is 0.